The van der Waals surface area contributed by atoms with Crippen LogP contribution in [0, 0.1) is 6.92 Å². The van der Waals surface area contributed by atoms with Gasteiger partial charge in [-0.2, -0.15) is 0 Å². The van der Waals surface area contributed by atoms with E-state index in [1.807, 2.05) is 32.0 Å². The zero-order valence-corrected chi connectivity index (χ0v) is 15.2. The molecule has 6 heteroatoms. The Labute approximate surface area is 148 Å². The lowest BCUT2D eigenvalue weighted by Crippen LogP contribution is -2.33. The molecule has 0 spiro atoms. The Bertz CT molecular complexity index is 708. The number of nitrogens with one attached hydrogen (secondary N) is 2. The summed E-state index contributed by atoms with van der Waals surface area (Å²) in [6.07, 6.45) is 2.75. The quantitative estimate of drug-likeness (QED) is 0.864. The van der Waals surface area contributed by atoms with Gasteiger partial charge < -0.3 is 19.8 Å². The SMILES string of the molecule is COc1ccc2oc(C(C)NC(=O)CC3CCCN3)c(C)c2c1.Cl. The number of furan rings is 1. The Morgan fingerprint density at radius 1 is 1.50 bits per heavy atom. The van der Waals surface area contributed by atoms with Gasteiger partial charge in [0.05, 0.1) is 13.2 Å². The summed E-state index contributed by atoms with van der Waals surface area (Å²) in [6, 6.07) is 5.91. The number of halogens is 1. The number of hydrogen-bond acceptors (Lipinski definition) is 4. The van der Waals surface area contributed by atoms with E-state index in [9.17, 15) is 4.79 Å². The second-order valence-electron chi connectivity index (χ2n) is 6.24. The van der Waals surface area contributed by atoms with Gasteiger partial charge in [-0.1, -0.05) is 0 Å². The van der Waals surface area contributed by atoms with Crippen LogP contribution in [-0.4, -0.2) is 25.6 Å². The molecule has 3 rings (SSSR count). The van der Waals surface area contributed by atoms with Crippen molar-refractivity contribution >= 4 is 29.3 Å². The topological polar surface area (TPSA) is 63.5 Å². The predicted octanol–water partition coefficient (Wildman–Crippen LogP) is 3.49. The number of carbonyl (C=O) groups excluding carboxylic acids is 1. The van der Waals surface area contributed by atoms with Crippen molar-refractivity contribution in [1.29, 1.82) is 0 Å². The molecule has 132 valence electrons. The molecule has 0 aliphatic carbocycles. The summed E-state index contributed by atoms with van der Waals surface area (Å²) in [6.45, 7) is 4.99. The van der Waals surface area contributed by atoms with Crippen LogP contribution in [-0.2, 0) is 4.79 Å². The van der Waals surface area contributed by atoms with E-state index >= 15 is 0 Å². The molecule has 1 aliphatic heterocycles. The summed E-state index contributed by atoms with van der Waals surface area (Å²) in [4.78, 5) is 12.2. The van der Waals surface area contributed by atoms with Crippen LogP contribution in [0.25, 0.3) is 11.0 Å². The van der Waals surface area contributed by atoms with Gasteiger partial charge in [-0.3, -0.25) is 4.79 Å². The molecular formula is C18H25ClN2O3. The van der Waals surface area contributed by atoms with Crippen molar-refractivity contribution in [2.75, 3.05) is 13.7 Å². The van der Waals surface area contributed by atoms with Gasteiger partial charge in [0.1, 0.15) is 17.1 Å². The molecule has 2 atom stereocenters. The van der Waals surface area contributed by atoms with Crippen molar-refractivity contribution in [3.05, 3.63) is 29.5 Å². The van der Waals surface area contributed by atoms with Gasteiger partial charge >= 0.3 is 0 Å². The zero-order chi connectivity index (χ0) is 16.4. The third kappa shape index (κ3) is 3.84. The molecule has 1 fully saturated rings. The van der Waals surface area contributed by atoms with Gasteiger partial charge in [-0.25, -0.2) is 0 Å². The van der Waals surface area contributed by atoms with Crippen LogP contribution in [0.5, 0.6) is 5.75 Å². The second kappa shape index (κ2) is 7.90. The molecule has 0 saturated carbocycles. The fraction of sp³-hybridized carbons (Fsp3) is 0.500. The second-order valence-corrected chi connectivity index (χ2v) is 6.24. The van der Waals surface area contributed by atoms with E-state index in [1.54, 1.807) is 7.11 Å². The first kappa shape index (κ1) is 18.6. The van der Waals surface area contributed by atoms with Crippen LogP contribution in [0.15, 0.2) is 22.6 Å². The van der Waals surface area contributed by atoms with E-state index in [0.717, 1.165) is 47.4 Å². The maximum Gasteiger partial charge on any atom is 0.222 e. The Kier molecular flexibility index (Phi) is 6.13. The first-order valence-electron chi connectivity index (χ1n) is 8.18. The Balaban J connectivity index is 0.00000208. The van der Waals surface area contributed by atoms with Crippen molar-refractivity contribution in [3.63, 3.8) is 0 Å². The number of fused-ring (bicyclic) bond motifs is 1. The smallest absolute Gasteiger partial charge is 0.222 e. The van der Waals surface area contributed by atoms with Crippen molar-refractivity contribution in [3.8, 4) is 5.75 Å². The minimum atomic E-state index is -0.151. The third-order valence-electron chi connectivity index (χ3n) is 4.55. The number of methoxy groups -OCH3 is 1. The number of benzene rings is 1. The van der Waals surface area contributed by atoms with Gasteiger partial charge in [0.25, 0.3) is 0 Å². The van der Waals surface area contributed by atoms with E-state index < -0.39 is 0 Å². The number of carbonyl (C=O) groups is 1. The molecule has 0 radical (unpaired) electrons. The molecule has 24 heavy (non-hydrogen) atoms. The van der Waals surface area contributed by atoms with E-state index in [2.05, 4.69) is 10.6 Å². The summed E-state index contributed by atoms with van der Waals surface area (Å²) >= 11 is 0. The third-order valence-corrected chi connectivity index (χ3v) is 4.55. The fourth-order valence-corrected chi connectivity index (χ4v) is 3.28. The molecule has 2 heterocycles. The minimum absolute atomic E-state index is 0. The van der Waals surface area contributed by atoms with Crippen LogP contribution in [0.4, 0.5) is 0 Å². The standard InChI is InChI=1S/C18H24N2O3.ClH/c1-11-15-10-14(22-3)6-7-16(15)23-18(11)12(2)20-17(21)9-13-5-4-8-19-13;/h6-7,10,12-13,19H,4-5,8-9H2,1-3H3,(H,20,21);1H. The molecule has 0 bridgehead atoms. The highest BCUT2D eigenvalue weighted by Gasteiger charge is 2.22. The molecular weight excluding hydrogens is 328 g/mol. The van der Waals surface area contributed by atoms with Gasteiger partial charge in [-0.05, 0) is 51.4 Å². The Hall–Kier alpha value is -1.72. The monoisotopic (exact) mass is 352 g/mol. The average Bonchev–Trinajstić information content (AvgIpc) is 3.15. The van der Waals surface area contributed by atoms with Gasteiger partial charge in [-0.15, -0.1) is 12.4 Å². The molecule has 2 unspecified atom stereocenters. The summed E-state index contributed by atoms with van der Waals surface area (Å²) in [5, 5.41) is 7.42. The number of rotatable bonds is 5. The zero-order valence-electron chi connectivity index (χ0n) is 14.3. The highest BCUT2D eigenvalue weighted by molar-refractivity contribution is 5.85. The summed E-state index contributed by atoms with van der Waals surface area (Å²) in [7, 11) is 1.65. The van der Waals surface area contributed by atoms with Crippen molar-refractivity contribution in [2.45, 2.75) is 45.2 Å². The van der Waals surface area contributed by atoms with E-state index in [0.29, 0.717) is 12.5 Å². The Morgan fingerprint density at radius 2 is 2.29 bits per heavy atom. The molecule has 1 saturated heterocycles. The molecule has 2 N–H and O–H groups in total. The van der Waals surface area contributed by atoms with Crippen LogP contribution in [0.1, 0.15) is 43.6 Å². The number of aryl methyl sites for hydroxylation is 1. The van der Waals surface area contributed by atoms with Gasteiger partial charge in [0.15, 0.2) is 0 Å². The van der Waals surface area contributed by atoms with Gasteiger partial charge in [0, 0.05) is 23.4 Å². The first-order chi connectivity index (χ1) is 11.1. The first-order valence-corrected chi connectivity index (χ1v) is 8.18. The molecule has 5 nitrogen and oxygen atoms in total. The maximum atomic E-state index is 12.2. The van der Waals surface area contributed by atoms with Crippen molar-refractivity contribution in [2.24, 2.45) is 0 Å². The number of hydrogen-bond donors (Lipinski definition) is 2. The molecule has 2 aromatic rings. The van der Waals surface area contributed by atoms with Crippen LogP contribution < -0.4 is 15.4 Å². The van der Waals surface area contributed by atoms with E-state index in [1.165, 1.54) is 0 Å². The van der Waals surface area contributed by atoms with Crippen LogP contribution in [0.3, 0.4) is 0 Å². The van der Waals surface area contributed by atoms with Crippen molar-refractivity contribution in [1.82, 2.24) is 10.6 Å². The highest BCUT2D eigenvalue weighted by Crippen LogP contribution is 2.31. The van der Waals surface area contributed by atoms with E-state index in [-0.39, 0.29) is 24.4 Å². The summed E-state index contributed by atoms with van der Waals surface area (Å²) in [5.41, 5.74) is 1.86. The van der Waals surface area contributed by atoms with E-state index in [4.69, 9.17) is 9.15 Å². The molecule has 1 aromatic heterocycles. The maximum absolute atomic E-state index is 12.2. The molecule has 1 amide bonds. The molecule has 1 aliphatic rings. The van der Waals surface area contributed by atoms with Crippen LogP contribution >= 0.6 is 12.4 Å². The lowest BCUT2D eigenvalue weighted by atomic mass is 10.1. The molecule has 1 aromatic carbocycles. The summed E-state index contributed by atoms with van der Waals surface area (Å²) < 4.78 is 11.2. The Morgan fingerprint density at radius 3 is 2.96 bits per heavy atom. The number of ether oxygens (including phenoxy) is 1. The average molecular weight is 353 g/mol. The summed E-state index contributed by atoms with van der Waals surface area (Å²) in [5.74, 6) is 1.67. The lowest BCUT2D eigenvalue weighted by molar-refractivity contribution is -0.122. The highest BCUT2D eigenvalue weighted by atomic mass is 35.5. The largest absolute Gasteiger partial charge is 0.497 e. The predicted molar refractivity (Wildman–Crippen MR) is 97.0 cm³/mol. The van der Waals surface area contributed by atoms with Crippen molar-refractivity contribution < 1.29 is 13.9 Å². The normalized spacial score (nSPS) is 18.2. The lowest BCUT2D eigenvalue weighted by Gasteiger charge is -2.15. The van der Waals surface area contributed by atoms with Gasteiger partial charge in [0.2, 0.25) is 5.91 Å². The fourth-order valence-electron chi connectivity index (χ4n) is 3.28. The number of amides is 1. The van der Waals surface area contributed by atoms with Crippen LogP contribution in [0.2, 0.25) is 0 Å². The minimum Gasteiger partial charge on any atom is -0.497 e.